The van der Waals surface area contributed by atoms with Crippen LogP contribution in [0.15, 0.2) is 24.3 Å². The van der Waals surface area contributed by atoms with Gasteiger partial charge in [-0.15, -0.1) is 0 Å². The molecular formula is C20H28FN3O2. The van der Waals surface area contributed by atoms with Gasteiger partial charge in [0.1, 0.15) is 5.82 Å². The number of amides is 2. The van der Waals surface area contributed by atoms with Crippen LogP contribution in [0.1, 0.15) is 38.7 Å². The first-order valence-electron chi connectivity index (χ1n) is 9.52. The number of hydrogen-bond acceptors (Lipinski definition) is 3. The summed E-state index contributed by atoms with van der Waals surface area (Å²) in [5.41, 5.74) is 0.461. The van der Waals surface area contributed by atoms with Gasteiger partial charge in [0.2, 0.25) is 11.8 Å². The van der Waals surface area contributed by atoms with E-state index in [0.717, 1.165) is 24.8 Å². The maximum atomic E-state index is 13.2. The van der Waals surface area contributed by atoms with Crippen LogP contribution in [0.5, 0.6) is 0 Å². The Hall–Kier alpha value is -1.95. The number of carbonyl (C=O) groups excluding carboxylic acids is 2. The van der Waals surface area contributed by atoms with Crippen molar-refractivity contribution in [2.45, 2.75) is 44.6 Å². The zero-order chi connectivity index (χ0) is 18.7. The Balaban J connectivity index is 1.52. The molecule has 26 heavy (non-hydrogen) atoms. The molecule has 2 fully saturated rings. The lowest BCUT2D eigenvalue weighted by molar-refractivity contribution is -0.136. The number of nitrogens with zero attached hydrogens (tertiary/aromatic N) is 2. The van der Waals surface area contributed by atoms with Gasteiger partial charge in [0, 0.05) is 32.2 Å². The standard InChI is InChI=1S/C20H28FN3O2/c1-3-15(2)22-18(25)14-23-10-12-24(13-11-23)19(26)20(8-9-20)16-4-6-17(21)7-5-16/h4-7,15H,3,8-14H2,1-2H3,(H,22,25). The monoisotopic (exact) mass is 361 g/mol. The molecule has 1 aliphatic carbocycles. The van der Waals surface area contributed by atoms with E-state index < -0.39 is 5.41 Å². The molecule has 0 spiro atoms. The summed E-state index contributed by atoms with van der Waals surface area (Å²) >= 11 is 0. The Morgan fingerprint density at radius 1 is 1.15 bits per heavy atom. The number of halogens is 1. The van der Waals surface area contributed by atoms with Gasteiger partial charge in [-0.1, -0.05) is 19.1 Å². The van der Waals surface area contributed by atoms with Crippen LogP contribution in [0.2, 0.25) is 0 Å². The predicted molar refractivity (Wildman–Crippen MR) is 98.2 cm³/mol. The molecule has 1 aromatic rings. The molecule has 2 aliphatic rings. The van der Waals surface area contributed by atoms with Crippen molar-refractivity contribution in [2.75, 3.05) is 32.7 Å². The van der Waals surface area contributed by atoms with Crippen LogP contribution in [0, 0.1) is 5.82 Å². The quantitative estimate of drug-likeness (QED) is 0.842. The van der Waals surface area contributed by atoms with Crippen LogP contribution < -0.4 is 5.32 Å². The third kappa shape index (κ3) is 4.06. The normalized spacial score (nSPS) is 20.5. The first kappa shape index (κ1) is 18.8. The second kappa shape index (κ2) is 7.74. The molecule has 1 aromatic carbocycles. The molecular weight excluding hydrogens is 333 g/mol. The first-order chi connectivity index (χ1) is 12.4. The average molecular weight is 361 g/mol. The number of piperazine rings is 1. The zero-order valence-corrected chi connectivity index (χ0v) is 15.6. The molecule has 142 valence electrons. The Bertz CT molecular complexity index is 650. The fourth-order valence-corrected chi connectivity index (χ4v) is 3.56. The summed E-state index contributed by atoms with van der Waals surface area (Å²) in [5, 5.41) is 2.98. The van der Waals surface area contributed by atoms with Crippen LogP contribution >= 0.6 is 0 Å². The first-order valence-corrected chi connectivity index (χ1v) is 9.52. The van der Waals surface area contributed by atoms with Crippen molar-refractivity contribution in [3.63, 3.8) is 0 Å². The molecule has 3 rings (SSSR count). The summed E-state index contributed by atoms with van der Waals surface area (Å²) in [5.74, 6) is -0.0850. The van der Waals surface area contributed by atoms with Gasteiger partial charge < -0.3 is 10.2 Å². The van der Waals surface area contributed by atoms with E-state index in [1.54, 1.807) is 12.1 Å². The molecule has 0 aromatic heterocycles. The highest BCUT2D eigenvalue weighted by Crippen LogP contribution is 2.49. The average Bonchev–Trinajstić information content (AvgIpc) is 3.44. The van der Waals surface area contributed by atoms with E-state index in [0.29, 0.717) is 32.7 Å². The third-order valence-corrected chi connectivity index (χ3v) is 5.60. The Morgan fingerprint density at radius 3 is 2.31 bits per heavy atom. The number of carbonyl (C=O) groups is 2. The topological polar surface area (TPSA) is 52.7 Å². The van der Waals surface area contributed by atoms with Crippen molar-refractivity contribution in [1.29, 1.82) is 0 Å². The van der Waals surface area contributed by atoms with Crippen molar-refractivity contribution < 1.29 is 14.0 Å². The minimum atomic E-state index is -0.455. The van der Waals surface area contributed by atoms with Crippen molar-refractivity contribution in [3.8, 4) is 0 Å². The second-order valence-electron chi connectivity index (χ2n) is 7.53. The molecule has 1 atom stereocenters. The summed E-state index contributed by atoms with van der Waals surface area (Å²) in [6.07, 6.45) is 2.57. The zero-order valence-electron chi connectivity index (χ0n) is 15.6. The SMILES string of the molecule is CCC(C)NC(=O)CN1CCN(C(=O)C2(c3ccc(F)cc3)CC2)CC1. The summed E-state index contributed by atoms with van der Waals surface area (Å²) in [6.45, 7) is 7.12. The fourth-order valence-electron chi connectivity index (χ4n) is 3.56. The van der Waals surface area contributed by atoms with Crippen LogP contribution in [-0.2, 0) is 15.0 Å². The molecule has 6 heteroatoms. The molecule has 1 heterocycles. The van der Waals surface area contributed by atoms with E-state index in [9.17, 15) is 14.0 Å². The van der Waals surface area contributed by atoms with E-state index in [4.69, 9.17) is 0 Å². The largest absolute Gasteiger partial charge is 0.353 e. The highest BCUT2D eigenvalue weighted by Gasteiger charge is 2.53. The number of rotatable bonds is 6. The van der Waals surface area contributed by atoms with Crippen molar-refractivity contribution in [3.05, 3.63) is 35.6 Å². The van der Waals surface area contributed by atoms with Crippen molar-refractivity contribution in [2.24, 2.45) is 0 Å². The number of hydrogen-bond donors (Lipinski definition) is 1. The molecule has 0 bridgehead atoms. The van der Waals surface area contributed by atoms with Crippen LogP contribution in [0.25, 0.3) is 0 Å². The summed E-state index contributed by atoms with van der Waals surface area (Å²) in [7, 11) is 0. The maximum absolute atomic E-state index is 13.2. The fraction of sp³-hybridized carbons (Fsp3) is 0.600. The van der Waals surface area contributed by atoms with E-state index in [1.165, 1.54) is 12.1 Å². The molecule has 1 unspecified atom stereocenters. The Labute approximate surface area is 154 Å². The molecule has 2 amide bonds. The van der Waals surface area contributed by atoms with Crippen molar-refractivity contribution in [1.82, 2.24) is 15.1 Å². The minimum absolute atomic E-state index is 0.0455. The van der Waals surface area contributed by atoms with Gasteiger partial charge in [-0.2, -0.15) is 0 Å². The molecule has 1 saturated heterocycles. The summed E-state index contributed by atoms with van der Waals surface area (Å²) in [6, 6.07) is 6.51. The van der Waals surface area contributed by atoms with Crippen LogP contribution in [0.4, 0.5) is 4.39 Å². The Kier molecular flexibility index (Phi) is 5.61. The highest BCUT2D eigenvalue weighted by atomic mass is 19.1. The van der Waals surface area contributed by atoms with E-state index in [1.807, 2.05) is 18.7 Å². The van der Waals surface area contributed by atoms with Gasteiger partial charge in [-0.3, -0.25) is 14.5 Å². The molecule has 0 radical (unpaired) electrons. The smallest absolute Gasteiger partial charge is 0.234 e. The summed E-state index contributed by atoms with van der Waals surface area (Å²) < 4.78 is 13.2. The van der Waals surface area contributed by atoms with Gasteiger partial charge >= 0.3 is 0 Å². The molecule has 5 nitrogen and oxygen atoms in total. The highest BCUT2D eigenvalue weighted by molar-refractivity contribution is 5.91. The number of benzene rings is 1. The van der Waals surface area contributed by atoms with Crippen molar-refractivity contribution >= 4 is 11.8 Å². The van der Waals surface area contributed by atoms with Gasteiger partial charge in [0.05, 0.1) is 12.0 Å². The lowest BCUT2D eigenvalue weighted by Gasteiger charge is -2.36. The number of nitrogens with one attached hydrogen (secondary N) is 1. The molecule has 1 N–H and O–H groups in total. The maximum Gasteiger partial charge on any atom is 0.234 e. The Morgan fingerprint density at radius 2 is 1.77 bits per heavy atom. The second-order valence-corrected chi connectivity index (χ2v) is 7.53. The van der Waals surface area contributed by atoms with Crippen LogP contribution in [-0.4, -0.2) is 60.4 Å². The third-order valence-electron chi connectivity index (χ3n) is 5.60. The molecule has 1 saturated carbocycles. The van der Waals surface area contributed by atoms with E-state index in [2.05, 4.69) is 10.2 Å². The van der Waals surface area contributed by atoms with Gasteiger partial charge in [-0.25, -0.2) is 4.39 Å². The lowest BCUT2D eigenvalue weighted by atomic mass is 9.94. The van der Waals surface area contributed by atoms with E-state index in [-0.39, 0.29) is 23.7 Å². The summed E-state index contributed by atoms with van der Waals surface area (Å²) in [4.78, 5) is 29.0. The van der Waals surface area contributed by atoms with Gasteiger partial charge in [-0.05, 0) is 43.9 Å². The van der Waals surface area contributed by atoms with Crippen LogP contribution in [0.3, 0.4) is 0 Å². The van der Waals surface area contributed by atoms with Gasteiger partial charge in [0.25, 0.3) is 0 Å². The minimum Gasteiger partial charge on any atom is -0.353 e. The lowest BCUT2D eigenvalue weighted by Crippen LogP contribution is -2.53. The molecule has 1 aliphatic heterocycles. The van der Waals surface area contributed by atoms with E-state index >= 15 is 0 Å². The predicted octanol–water partition coefficient (Wildman–Crippen LogP) is 1.92. The van der Waals surface area contributed by atoms with Gasteiger partial charge in [0.15, 0.2) is 0 Å².